The summed E-state index contributed by atoms with van der Waals surface area (Å²) in [5, 5.41) is 5.95. The van der Waals surface area contributed by atoms with E-state index in [1.54, 1.807) is 31.2 Å². The molecule has 168 valence electrons. The van der Waals surface area contributed by atoms with E-state index in [0.29, 0.717) is 16.8 Å². The molecule has 3 rings (SSSR count). The van der Waals surface area contributed by atoms with Crippen molar-refractivity contribution < 1.29 is 21.8 Å². The predicted molar refractivity (Wildman–Crippen MR) is 119 cm³/mol. The molecule has 0 bridgehead atoms. The first-order valence-corrected chi connectivity index (χ1v) is 11.2. The molecule has 1 heterocycles. The molecule has 1 amide bonds. The first-order chi connectivity index (χ1) is 15.2. The van der Waals surface area contributed by atoms with Crippen molar-refractivity contribution in [3.05, 3.63) is 71.2 Å². The van der Waals surface area contributed by atoms with E-state index in [1.165, 1.54) is 31.3 Å². The summed E-state index contributed by atoms with van der Waals surface area (Å²) in [6.07, 6.45) is 1.28. The lowest BCUT2D eigenvalue weighted by molar-refractivity contribution is 0.100. The fraction of sp³-hybridized carbons (Fsp3) is 0.190. The predicted octanol–water partition coefficient (Wildman–Crippen LogP) is 3.11. The van der Waals surface area contributed by atoms with Gasteiger partial charge in [-0.1, -0.05) is 12.1 Å². The van der Waals surface area contributed by atoms with Crippen LogP contribution in [0.15, 0.2) is 48.7 Å². The van der Waals surface area contributed by atoms with Gasteiger partial charge in [-0.25, -0.2) is 9.37 Å². The zero-order chi connectivity index (χ0) is 23.3. The molecule has 0 spiro atoms. The van der Waals surface area contributed by atoms with Gasteiger partial charge in [0.1, 0.15) is 17.4 Å². The van der Waals surface area contributed by atoms with Crippen LogP contribution in [-0.2, 0) is 16.7 Å². The van der Waals surface area contributed by atoms with Gasteiger partial charge in [0.05, 0.1) is 11.3 Å². The number of amides is 1. The fourth-order valence-corrected chi connectivity index (χ4v) is 3.31. The number of primary amides is 1. The number of aromatic nitrogens is 2. The number of anilines is 3. The number of nitrogens with one attached hydrogen (secondary N) is 2. The van der Waals surface area contributed by atoms with Crippen LogP contribution in [0.3, 0.4) is 0 Å². The summed E-state index contributed by atoms with van der Waals surface area (Å²) < 4.78 is 41.8. The van der Waals surface area contributed by atoms with Crippen LogP contribution in [-0.4, -0.2) is 30.0 Å². The Morgan fingerprint density at radius 1 is 1.22 bits per heavy atom. The Morgan fingerprint density at radius 3 is 2.66 bits per heavy atom. The second-order valence-corrected chi connectivity index (χ2v) is 8.70. The molecule has 0 atom stereocenters. The number of nitrogens with zero attached hydrogens (tertiary/aromatic N) is 2. The molecular formula is C21H22FN5O4S. The third-order valence-corrected chi connectivity index (χ3v) is 5.55. The SMILES string of the molecule is CCS(=O)(=O)Oc1ccc(Nc2ncc(C(N)=O)c(NCc3cccc(F)c3)n2)cc1C. The molecule has 1 aromatic heterocycles. The summed E-state index contributed by atoms with van der Waals surface area (Å²) in [5.41, 5.74) is 7.30. The lowest BCUT2D eigenvalue weighted by Crippen LogP contribution is -2.17. The minimum absolute atomic E-state index is 0.0802. The van der Waals surface area contributed by atoms with Crippen LogP contribution in [0, 0.1) is 12.7 Å². The number of benzene rings is 2. The van der Waals surface area contributed by atoms with Gasteiger partial charge in [0, 0.05) is 18.4 Å². The average molecular weight is 460 g/mol. The van der Waals surface area contributed by atoms with Gasteiger partial charge in [-0.05, 0) is 55.3 Å². The largest absolute Gasteiger partial charge is 0.382 e. The van der Waals surface area contributed by atoms with Crippen molar-refractivity contribution in [1.29, 1.82) is 0 Å². The molecular weight excluding hydrogens is 437 g/mol. The number of rotatable bonds is 9. The van der Waals surface area contributed by atoms with Crippen molar-refractivity contribution in [1.82, 2.24) is 9.97 Å². The van der Waals surface area contributed by atoms with Crippen LogP contribution in [0.4, 0.5) is 21.8 Å². The van der Waals surface area contributed by atoms with E-state index in [4.69, 9.17) is 9.92 Å². The molecule has 0 aliphatic rings. The molecule has 11 heteroatoms. The molecule has 0 saturated heterocycles. The lowest BCUT2D eigenvalue weighted by Gasteiger charge is -2.13. The van der Waals surface area contributed by atoms with Crippen molar-refractivity contribution in [2.24, 2.45) is 5.73 Å². The maximum absolute atomic E-state index is 13.4. The zero-order valence-electron chi connectivity index (χ0n) is 17.4. The van der Waals surface area contributed by atoms with E-state index in [1.807, 2.05) is 0 Å². The average Bonchev–Trinajstić information content (AvgIpc) is 2.74. The van der Waals surface area contributed by atoms with Gasteiger partial charge in [-0.2, -0.15) is 13.4 Å². The van der Waals surface area contributed by atoms with Crippen LogP contribution < -0.4 is 20.6 Å². The van der Waals surface area contributed by atoms with Crippen molar-refractivity contribution >= 4 is 33.5 Å². The van der Waals surface area contributed by atoms with Crippen LogP contribution in [0.1, 0.15) is 28.4 Å². The summed E-state index contributed by atoms with van der Waals surface area (Å²) in [6.45, 7) is 3.41. The highest BCUT2D eigenvalue weighted by Gasteiger charge is 2.14. The maximum atomic E-state index is 13.4. The van der Waals surface area contributed by atoms with Gasteiger partial charge in [-0.15, -0.1) is 0 Å². The number of halogens is 1. The van der Waals surface area contributed by atoms with E-state index < -0.39 is 16.0 Å². The van der Waals surface area contributed by atoms with E-state index in [9.17, 15) is 17.6 Å². The highest BCUT2D eigenvalue weighted by atomic mass is 32.2. The number of hydrogen-bond acceptors (Lipinski definition) is 8. The van der Waals surface area contributed by atoms with Gasteiger partial charge < -0.3 is 20.6 Å². The fourth-order valence-electron chi connectivity index (χ4n) is 2.74. The summed E-state index contributed by atoms with van der Waals surface area (Å²) in [5.74, 6) is -0.652. The second kappa shape index (κ2) is 9.60. The first kappa shape index (κ1) is 22.9. The third-order valence-electron chi connectivity index (χ3n) is 4.40. The molecule has 32 heavy (non-hydrogen) atoms. The molecule has 0 aliphatic carbocycles. The maximum Gasteiger partial charge on any atom is 0.308 e. The normalized spacial score (nSPS) is 11.1. The van der Waals surface area contributed by atoms with Crippen molar-refractivity contribution in [3.63, 3.8) is 0 Å². The topological polar surface area (TPSA) is 136 Å². The Balaban J connectivity index is 1.80. The summed E-state index contributed by atoms with van der Waals surface area (Å²) in [6, 6.07) is 10.8. The van der Waals surface area contributed by atoms with E-state index >= 15 is 0 Å². The Kier molecular flexibility index (Phi) is 6.89. The Hall–Kier alpha value is -3.73. The summed E-state index contributed by atoms with van der Waals surface area (Å²) in [7, 11) is -3.64. The summed E-state index contributed by atoms with van der Waals surface area (Å²) >= 11 is 0. The van der Waals surface area contributed by atoms with E-state index in [0.717, 1.165) is 0 Å². The third kappa shape index (κ3) is 5.91. The zero-order valence-corrected chi connectivity index (χ0v) is 18.2. The van der Waals surface area contributed by atoms with Gasteiger partial charge in [0.15, 0.2) is 0 Å². The molecule has 0 unspecified atom stereocenters. The first-order valence-electron chi connectivity index (χ1n) is 9.62. The van der Waals surface area contributed by atoms with E-state index in [-0.39, 0.29) is 41.2 Å². The molecule has 0 aliphatic heterocycles. The molecule has 0 radical (unpaired) electrons. The molecule has 4 N–H and O–H groups in total. The molecule has 9 nitrogen and oxygen atoms in total. The molecule has 0 saturated carbocycles. The molecule has 2 aromatic carbocycles. The van der Waals surface area contributed by atoms with E-state index in [2.05, 4.69) is 20.6 Å². The number of hydrogen-bond donors (Lipinski definition) is 3. The van der Waals surface area contributed by atoms with Crippen LogP contribution in [0.5, 0.6) is 5.75 Å². The number of carbonyl (C=O) groups excluding carboxylic acids is 1. The minimum atomic E-state index is -3.64. The van der Waals surface area contributed by atoms with Crippen molar-refractivity contribution in [3.8, 4) is 5.75 Å². The van der Waals surface area contributed by atoms with Crippen LogP contribution in [0.2, 0.25) is 0 Å². The number of nitrogens with two attached hydrogens (primary N) is 1. The Bertz CT molecular complexity index is 1250. The standard InChI is InChI=1S/C21H22FN5O4S/c1-3-32(29,30)31-18-8-7-16(9-13(18)2)26-21-25-12-17(19(23)28)20(27-21)24-11-14-5-4-6-15(22)10-14/h4-10,12H,3,11H2,1-2H3,(H2,23,28)(H2,24,25,26,27). The monoisotopic (exact) mass is 459 g/mol. The van der Waals surface area contributed by atoms with Gasteiger partial charge in [0.2, 0.25) is 5.95 Å². The van der Waals surface area contributed by atoms with Crippen molar-refractivity contribution in [2.45, 2.75) is 20.4 Å². The number of aryl methyl sites for hydroxylation is 1. The smallest absolute Gasteiger partial charge is 0.308 e. The molecule has 3 aromatic rings. The van der Waals surface area contributed by atoms with Crippen LogP contribution >= 0.6 is 0 Å². The lowest BCUT2D eigenvalue weighted by atomic mass is 10.2. The van der Waals surface area contributed by atoms with Gasteiger partial charge in [0.25, 0.3) is 5.91 Å². The Morgan fingerprint density at radius 2 is 2.00 bits per heavy atom. The van der Waals surface area contributed by atoms with Crippen LogP contribution in [0.25, 0.3) is 0 Å². The highest BCUT2D eigenvalue weighted by Crippen LogP contribution is 2.25. The van der Waals surface area contributed by atoms with Gasteiger partial charge in [-0.3, -0.25) is 4.79 Å². The highest BCUT2D eigenvalue weighted by molar-refractivity contribution is 7.87. The quantitative estimate of drug-likeness (QED) is 0.415. The van der Waals surface area contributed by atoms with Crippen molar-refractivity contribution in [2.75, 3.05) is 16.4 Å². The van der Waals surface area contributed by atoms with Gasteiger partial charge >= 0.3 is 10.1 Å². The Labute approximate surface area is 185 Å². The molecule has 0 fully saturated rings. The second-order valence-electron chi connectivity index (χ2n) is 6.84. The number of carbonyl (C=O) groups is 1. The summed E-state index contributed by atoms with van der Waals surface area (Å²) in [4.78, 5) is 20.1. The minimum Gasteiger partial charge on any atom is -0.382 e.